The number of ether oxygens (including phenoxy) is 1. The van der Waals surface area contributed by atoms with E-state index < -0.39 is 0 Å². The number of rotatable bonds is 5. The van der Waals surface area contributed by atoms with Gasteiger partial charge in [0.2, 0.25) is 0 Å². The molecule has 144 valence electrons. The van der Waals surface area contributed by atoms with Crippen molar-refractivity contribution in [1.29, 1.82) is 0 Å². The number of aromatic nitrogens is 1. The van der Waals surface area contributed by atoms with Gasteiger partial charge < -0.3 is 10.1 Å². The number of nitrogens with one attached hydrogen (secondary N) is 1. The molecule has 0 bridgehead atoms. The van der Waals surface area contributed by atoms with Crippen LogP contribution in [0.1, 0.15) is 32.1 Å². The Labute approximate surface area is 169 Å². The molecular weight excluding hydrogens is 370 g/mol. The first kappa shape index (κ1) is 18.7. The number of hydrogen-bond acceptors (Lipinski definition) is 5. The van der Waals surface area contributed by atoms with E-state index in [-0.39, 0.29) is 5.91 Å². The fraction of sp³-hybridized carbons (Fsp3) is 0.273. The Balaban J connectivity index is 1.43. The Kier molecular flexibility index (Phi) is 5.69. The molecule has 0 saturated carbocycles. The zero-order chi connectivity index (χ0) is 19.3. The average molecular weight is 394 g/mol. The lowest BCUT2D eigenvalue weighted by atomic mass is 10.1. The molecule has 2 heterocycles. The van der Waals surface area contributed by atoms with Gasteiger partial charge in [-0.25, -0.2) is 4.98 Å². The van der Waals surface area contributed by atoms with E-state index in [0.717, 1.165) is 41.5 Å². The van der Waals surface area contributed by atoms with Gasteiger partial charge in [0.05, 0.1) is 6.54 Å². The second-order valence-electron chi connectivity index (χ2n) is 6.98. The van der Waals surface area contributed by atoms with Crippen LogP contribution < -0.4 is 10.1 Å². The van der Waals surface area contributed by atoms with Crippen molar-refractivity contribution in [3.63, 3.8) is 0 Å². The van der Waals surface area contributed by atoms with Gasteiger partial charge in [0.1, 0.15) is 17.4 Å². The maximum absolute atomic E-state index is 12.6. The minimum atomic E-state index is -0.0703. The summed E-state index contributed by atoms with van der Waals surface area (Å²) in [5.74, 6) is 0.788. The monoisotopic (exact) mass is 393 g/mol. The highest BCUT2D eigenvalue weighted by Gasteiger charge is 2.18. The molecule has 1 aromatic heterocycles. The quantitative estimate of drug-likeness (QED) is 0.717. The van der Waals surface area contributed by atoms with Gasteiger partial charge in [-0.1, -0.05) is 29.8 Å². The highest BCUT2D eigenvalue weighted by molar-refractivity contribution is 7.09. The van der Waals surface area contributed by atoms with Crippen molar-refractivity contribution in [2.75, 3.05) is 13.2 Å². The lowest BCUT2D eigenvalue weighted by Crippen LogP contribution is -2.25. The first-order valence-corrected chi connectivity index (χ1v) is 10.3. The molecule has 0 fully saturated rings. The summed E-state index contributed by atoms with van der Waals surface area (Å²) in [4.78, 5) is 19.3. The molecule has 5 nitrogen and oxygen atoms in total. The maximum Gasteiger partial charge on any atom is 0.251 e. The average Bonchev–Trinajstić information content (AvgIpc) is 3.12. The van der Waals surface area contributed by atoms with E-state index >= 15 is 0 Å². The summed E-state index contributed by atoms with van der Waals surface area (Å²) in [6, 6.07) is 13.9. The Morgan fingerprint density at radius 1 is 1.25 bits per heavy atom. The van der Waals surface area contributed by atoms with Gasteiger partial charge in [-0.15, -0.1) is 11.3 Å². The summed E-state index contributed by atoms with van der Waals surface area (Å²) in [5.41, 5.74) is 4.00. The molecule has 1 amide bonds. The minimum absolute atomic E-state index is 0.0703. The van der Waals surface area contributed by atoms with Crippen molar-refractivity contribution < 1.29 is 9.53 Å². The second-order valence-corrected chi connectivity index (χ2v) is 7.95. The number of aryl methyl sites for hydroxylation is 1. The van der Waals surface area contributed by atoms with Gasteiger partial charge in [0, 0.05) is 42.3 Å². The highest BCUT2D eigenvalue weighted by atomic mass is 32.1. The summed E-state index contributed by atoms with van der Waals surface area (Å²) in [7, 11) is 0. The summed E-state index contributed by atoms with van der Waals surface area (Å²) < 4.78 is 5.88. The molecule has 1 N–H and O–H groups in total. The van der Waals surface area contributed by atoms with Crippen molar-refractivity contribution in [3.8, 4) is 5.75 Å². The summed E-state index contributed by atoms with van der Waals surface area (Å²) in [5, 5.41) is 6.09. The molecule has 0 saturated heterocycles. The van der Waals surface area contributed by atoms with Crippen LogP contribution in [-0.2, 0) is 19.6 Å². The van der Waals surface area contributed by atoms with Crippen LogP contribution in [0, 0.1) is 6.92 Å². The molecule has 2 aromatic carbocycles. The van der Waals surface area contributed by atoms with Crippen LogP contribution in [0.5, 0.6) is 5.75 Å². The predicted octanol–water partition coefficient (Wildman–Crippen LogP) is 3.78. The van der Waals surface area contributed by atoms with Crippen LogP contribution in [0.2, 0.25) is 0 Å². The predicted molar refractivity (Wildman–Crippen MR) is 111 cm³/mol. The first-order valence-electron chi connectivity index (χ1n) is 9.37. The molecule has 0 spiro atoms. The topological polar surface area (TPSA) is 54.5 Å². The number of thiazole rings is 1. The number of amides is 1. The zero-order valence-electron chi connectivity index (χ0n) is 15.9. The molecule has 0 radical (unpaired) electrons. The number of fused-ring (bicyclic) bond motifs is 1. The van der Waals surface area contributed by atoms with E-state index in [1.807, 2.05) is 41.9 Å². The molecule has 0 unspecified atom stereocenters. The van der Waals surface area contributed by atoms with Crippen molar-refractivity contribution in [2.45, 2.75) is 26.6 Å². The number of hydrogen-bond donors (Lipinski definition) is 1. The standard InChI is InChI=1S/C22H23N3O2S/c1-16-2-4-17(5-3-16)13-24-22(26)18-6-7-20-19(12-18)14-25(9-10-27-20)15-21-23-8-11-28-21/h2-8,11-12H,9-10,13-15H2,1H3,(H,24,26). The Morgan fingerprint density at radius 2 is 2.11 bits per heavy atom. The molecule has 28 heavy (non-hydrogen) atoms. The minimum Gasteiger partial charge on any atom is -0.492 e. The molecule has 0 aliphatic carbocycles. The fourth-order valence-corrected chi connectivity index (χ4v) is 3.89. The van der Waals surface area contributed by atoms with E-state index in [0.29, 0.717) is 18.7 Å². The lowest BCUT2D eigenvalue weighted by Gasteiger charge is -2.17. The summed E-state index contributed by atoms with van der Waals surface area (Å²) >= 11 is 1.66. The number of nitrogens with zero attached hydrogens (tertiary/aromatic N) is 2. The smallest absolute Gasteiger partial charge is 0.251 e. The van der Waals surface area contributed by atoms with E-state index in [9.17, 15) is 4.79 Å². The van der Waals surface area contributed by atoms with E-state index in [2.05, 4.69) is 34.3 Å². The molecule has 1 aliphatic heterocycles. The van der Waals surface area contributed by atoms with Gasteiger partial charge in [-0.2, -0.15) is 0 Å². The first-order chi connectivity index (χ1) is 13.7. The second kappa shape index (κ2) is 8.54. The SMILES string of the molecule is Cc1ccc(CNC(=O)c2ccc3c(c2)CN(Cc2nccs2)CCO3)cc1. The van der Waals surface area contributed by atoms with Crippen LogP contribution in [0.15, 0.2) is 54.0 Å². The van der Waals surface area contributed by atoms with Gasteiger partial charge in [0.25, 0.3) is 5.91 Å². The third-order valence-corrected chi connectivity index (χ3v) is 5.56. The van der Waals surface area contributed by atoms with Gasteiger partial charge in [-0.05, 0) is 30.7 Å². The fourth-order valence-electron chi connectivity index (χ4n) is 3.24. The van der Waals surface area contributed by atoms with Crippen LogP contribution in [0.3, 0.4) is 0 Å². The summed E-state index contributed by atoms with van der Waals surface area (Å²) in [6.07, 6.45) is 1.83. The number of benzene rings is 2. The lowest BCUT2D eigenvalue weighted by molar-refractivity contribution is 0.0950. The maximum atomic E-state index is 12.6. The third-order valence-electron chi connectivity index (χ3n) is 4.80. The molecule has 4 rings (SSSR count). The van der Waals surface area contributed by atoms with Gasteiger partial charge in [0.15, 0.2) is 0 Å². The summed E-state index contributed by atoms with van der Waals surface area (Å²) in [6.45, 7) is 5.58. The molecule has 3 aromatic rings. The van der Waals surface area contributed by atoms with Crippen molar-refractivity contribution in [1.82, 2.24) is 15.2 Å². The number of carbonyl (C=O) groups is 1. The Morgan fingerprint density at radius 3 is 2.89 bits per heavy atom. The van der Waals surface area contributed by atoms with E-state index in [4.69, 9.17) is 4.74 Å². The van der Waals surface area contributed by atoms with Crippen molar-refractivity contribution in [3.05, 3.63) is 81.3 Å². The van der Waals surface area contributed by atoms with E-state index in [1.165, 1.54) is 5.56 Å². The Hall–Kier alpha value is -2.70. The largest absolute Gasteiger partial charge is 0.492 e. The van der Waals surface area contributed by atoms with Gasteiger partial charge in [-0.3, -0.25) is 9.69 Å². The molecule has 0 atom stereocenters. The highest BCUT2D eigenvalue weighted by Crippen LogP contribution is 2.25. The van der Waals surface area contributed by atoms with Gasteiger partial charge >= 0.3 is 0 Å². The van der Waals surface area contributed by atoms with Crippen LogP contribution >= 0.6 is 11.3 Å². The third kappa shape index (κ3) is 4.58. The molecular formula is C22H23N3O2S. The zero-order valence-corrected chi connectivity index (χ0v) is 16.7. The molecule has 6 heteroatoms. The van der Waals surface area contributed by atoms with Crippen molar-refractivity contribution >= 4 is 17.2 Å². The van der Waals surface area contributed by atoms with Crippen LogP contribution in [-0.4, -0.2) is 28.9 Å². The van der Waals surface area contributed by atoms with Crippen LogP contribution in [0.4, 0.5) is 0 Å². The number of carbonyl (C=O) groups excluding carboxylic acids is 1. The Bertz CT molecular complexity index is 939. The van der Waals surface area contributed by atoms with E-state index in [1.54, 1.807) is 11.3 Å². The van der Waals surface area contributed by atoms with Crippen LogP contribution in [0.25, 0.3) is 0 Å². The van der Waals surface area contributed by atoms with Crippen molar-refractivity contribution in [2.24, 2.45) is 0 Å². The normalized spacial score (nSPS) is 14.0. The molecule has 1 aliphatic rings.